The zero-order valence-corrected chi connectivity index (χ0v) is 13.9. The molecule has 3 rings (SSSR count). The zero-order chi connectivity index (χ0) is 18.5. The Balaban J connectivity index is 1.84. The molecule has 0 aliphatic heterocycles. The third-order valence-corrected chi connectivity index (χ3v) is 3.58. The van der Waals surface area contributed by atoms with Gasteiger partial charge in [0.2, 0.25) is 11.6 Å². The average Bonchev–Trinajstić information content (AvgIpc) is 2.63. The summed E-state index contributed by atoms with van der Waals surface area (Å²) in [6.07, 6.45) is 2.60. The number of pyridine rings is 1. The molecule has 2 aromatic heterocycles. The third kappa shape index (κ3) is 4.19. The molecule has 132 valence electrons. The van der Waals surface area contributed by atoms with E-state index in [1.165, 1.54) is 24.7 Å². The molecule has 0 fully saturated rings. The smallest absolute Gasteiger partial charge is 0.353 e. The maximum Gasteiger partial charge on any atom is 0.353 e. The fraction of sp³-hybridized carbons (Fsp3) is 0.0625. The number of nitrogens with zero attached hydrogens (tertiary/aromatic N) is 4. The minimum absolute atomic E-state index is 0.0126. The van der Waals surface area contributed by atoms with E-state index in [1.54, 1.807) is 24.3 Å². The van der Waals surface area contributed by atoms with Crippen LogP contribution in [0, 0.1) is 15.9 Å². The van der Waals surface area contributed by atoms with Crippen LogP contribution < -0.4 is 10.6 Å². The molecular formula is C16H12ClFN6O2. The number of nitrogens with one attached hydrogen (secondary N) is 2. The molecule has 2 heterocycles. The highest BCUT2D eigenvalue weighted by Gasteiger charge is 2.23. The molecule has 0 radical (unpaired) electrons. The fourth-order valence-electron chi connectivity index (χ4n) is 2.13. The van der Waals surface area contributed by atoms with Crippen LogP contribution in [-0.4, -0.2) is 19.9 Å². The fourth-order valence-corrected chi connectivity index (χ4v) is 2.24. The highest BCUT2D eigenvalue weighted by atomic mass is 35.5. The molecule has 8 nitrogen and oxygen atoms in total. The summed E-state index contributed by atoms with van der Waals surface area (Å²) >= 11 is 5.77. The lowest BCUT2D eigenvalue weighted by Gasteiger charge is -2.10. The molecule has 0 saturated heterocycles. The lowest BCUT2D eigenvalue weighted by molar-refractivity contribution is -0.383. The van der Waals surface area contributed by atoms with E-state index in [9.17, 15) is 14.5 Å². The molecule has 3 aromatic rings. The van der Waals surface area contributed by atoms with Gasteiger partial charge < -0.3 is 10.6 Å². The van der Waals surface area contributed by atoms with Crippen molar-refractivity contribution in [1.82, 2.24) is 15.0 Å². The van der Waals surface area contributed by atoms with Gasteiger partial charge in [-0.3, -0.25) is 10.1 Å². The maximum absolute atomic E-state index is 13.0. The van der Waals surface area contributed by atoms with Crippen LogP contribution in [-0.2, 0) is 6.54 Å². The van der Waals surface area contributed by atoms with Gasteiger partial charge in [-0.05, 0) is 29.8 Å². The van der Waals surface area contributed by atoms with Crippen LogP contribution in [0.1, 0.15) is 5.56 Å². The van der Waals surface area contributed by atoms with Crippen molar-refractivity contribution in [1.29, 1.82) is 0 Å². The van der Waals surface area contributed by atoms with Crippen LogP contribution >= 0.6 is 11.6 Å². The van der Waals surface area contributed by atoms with Gasteiger partial charge in [0.1, 0.15) is 18.0 Å². The van der Waals surface area contributed by atoms with Gasteiger partial charge in [0.05, 0.1) is 9.95 Å². The Hall–Kier alpha value is -3.33. The Morgan fingerprint density at radius 1 is 1.08 bits per heavy atom. The van der Waals surface area contributed by atoms with E-state index in [-0.39, 0.29) is 29.7 Å². The minimum Gasteiger partial charge on any atom is -0.360 e. The zero-order valence-electron chi connectivity index (χ0n) is 13.2. The number of halogens is 2. The predicted octanol–water partition coefficient (Wildman–Crippen LogP) is 3.93. The van der Waals surface area contributed by atoms with E-state index in [1.807, 2.05) is 0 Å². The Morgan fingerprint density at radius 2 is 1.81 bits per heavy atom. The van der Waals surface area contributed by atoms with Gasteiger partial charge in [0, 0.05) is 12.7 Å². The van der Waals surface area contributed by atoms with Crippen molar-refractivity contribution in [3.05, 3.63) is 75.4 Å². The first-order valence-corrected chi connectivity index (χ1v) is 7.77. The number of benzene rings is 1. The summed E-state index contributed by atoms with van der Waals surface area (Å²) in [5.41, 5.74) is 0.416. The van der Waals surface area contributed by atoms with E-state index in [2.05, 4.69) is 25.6 Å². The van der Waals surface area contributed by atoms with Crippen molar-refractivity contribution in [2.75, 3.05) is 10.6 Å². The molecule has 10 heteroatoms. The van der Waals surface area contributed by atoms with Crippen molar-refractivity contribution in [2.45, 2.75) is 6.54 Å². The Labute approximate surface area is 152 Å². The Morgan fingerprint density at radius 3 is 2.46 bits per heavy atom. The molecule has 0 saturated carbocycles. The first kappa shape index (κ1) is 17.5. The normalized spacial score (nSPS) is 10.4. The third-order valence-electron chi connectivity index (χ3n) is 3.35. The lowest BCUT2D eigenvalue weighted by Crippen LogP contribution is -2.08. The molecule has 0 spiro atoms. The van der Waals surface area contributed by atoms with Crippen molar-refractivity contribution in [3.63, 3.8) is 0 Å². The summed E-state index contributed by atoms with van der Waals surface area (Å²) in [5.74, 6) is 0.0108. The van der Waals surface area contributed by atoms with Gasteiger partial charge in [0.15, 0.2) is 0 Å². The summed E-state index contributed by atoms with van der Waals surface area (Å²) in [6.45, 7) is 0.233. The summed E-state index contributed by atoms with van der Waals surface area (Å²) < 4.78 is 13.0. The van der Waals surface area contributed by atoms with Crippen LogP contribution in [0.3, 0.4) is 0 Å². The van der Waals surface area contributed by atoms with Gasteiger partial charge in [-0.15, -0.1) is 0 Å². The molecule has 1 aromatic carbocycles. The molecular weight excluding hydrogens is 363 g/mol. The maximum atomic E-state index is 13.0. The first-order chi connectivity index (χ1) is 12.5. The number of rotatable bonds is 6. The van der Waals surface area contributed by atoms with Crippen LogP contribution in [0.2, 0.25) is 5.02 Å². The summed E-state index contributed by atoms with van der Waals surface area (Å²) in [4.78, 5) is 22.8. The quantitative estimate of drug-likeness (QED) is 0.497. The summed E-state index contributed by atoms with van der Waals surface area (Å²) in [6, 6.07) is 8.94. The second-order valence-electron chi connectivity index (χ2n) is 5.14. The molecule has 0 aliphatic carbocycles. The van der Waals surface area contributed by atoms with Crippen LogP contribution in [0.4, 0.5) is 27.5 Å². The van der Waals surface area contributed by atoms with Gasteiger partial charge in [-0.25, -0.2) is 19.3 Å². The molecule has 0 atom stereocenters. The van der Waals surface area contributed by atoms with Crippen molar-refractivity contribution >= 4 is 34.7 Å². The van der Waals surface area contributed by atoms with Crippen molar-refractivity contribution < 1.29 is 9.31 Å². The van der Waals surface area contributed by atoms with Crippen LogP contribution in [0.15, 0.2) is 48.9 Å². The van der Waals surface area contributed by atoms with Crippen LogP contribution in [0.25, 0.3) is 0 Å². The van der Waals surface area contributed by atoms with E-state index in [0.717, 1.165) is 5.56 Å². The number of aromatic nitrogens is 3. The van der Waals surface area contributed by atoms with Crippen LogP contribution in [0.5, 0.6) is 0 Å². The van der Waals surface area contributed by atoms with E-state index in [0.29, 0.717) is 10.8 Å². The highest BCUT2D eigenvalue weighted by Crippen LogP contribution is 2.31. The largest absolute Gasteiger partial charge is 0.360 e. The van der Waals surface area contributed by atoms with E-state index in [4.69, 9.17) is 11.6 Å². The summed E-state index contributed by atoms with van der Waals surface area (Å²) in [5, 5.41) is 17.6. The second kappa shape index (κ2) is 7.70. The van der Waals surface area contributed by atoms with Gasteiger partial charge in [-0.2, -0.15) is 0 Å². The molecule has 0 aliphatic rings. The molecule has 0 unspecified atom stereocenters. The Kier molecular flexibility index (Phi) is 5.18. The van der Waals surface area contributed by atoms with Crippen molar-refractivity contribution in [2.24, 2.45) is 0 Å². The Bertz CT molecular complexity index is 921. The molecule has 2 N–H and O–H groups in total. The van der Waals surface area contributed by atoms with Gasteiger partial charge in [0.25, 0.3) is 0 Å². The van der Waals surface area contributed by atoms with Gasteiger partial charge >= 0.3 is 5.69 Å². The standard InChI is InChI=1S/C16H12ClFN6O2/c17-11-3-6-13(19-8-11)23-16-14(24(25)26)15(21-9-22-16)20-7-10-1-4-12(18)5-2-10/h1-6,8-9H,7H2,(H2,19,20,21,22,23). The number of hydrogen-bond acceptors (Lipinski definition) is 7. The SMILES string of the molecule is O=[N+]([O-])c1c(NCc2ccc(F)cc2)ncnc1Nc1ccc(Cl)cn1. The number of nitro groups is 1. The number of anilines is 3. The highest BCUT2D eigenvalue weighted by molar-refractivity contribution is 6.30. The van der Waals surface area contributed by atoms with Gasteiger partial charge in [-0.1, -0.05) is 23.7 Å². The lowest BCUT2D eigenvalue weighted by atomic mass is 10.2. The molecule has 26 heavy (non-hydrogen) atoms. The predicted molar refractivity (Wildman–Crippen MR) is 94.9 cm³/mol. The van der Waals surface area contributed by atoms with E-state index >= 15 is 0 Å². The molecule has 0 amide bonds. The average molecular weight is 375 g/mol. The monoisotopic (exact) mass is 374 g/mol. The molecule has 0 bridgehead atoms. The van der Waals surface area contributed by atoms with Crippen molar-refractivity contribution in [3.8, 4) is 0 Å². The second-order valence-corrected chi connectivity index (χ2v) is 5.58. The number of hydrogen-bond donors (Lipinski definition) is 2. The first-order valence-electron chi connectivity index (χ1n) is 7.39. The topological polar surface area (TPSA) is 106 Å². The minimum atomic E-state index is -0.592. The summed E-state index contributed by atoms with van der Waals surface area (Å²) in [7, 11) is 0. The van der Waals surface area contributed by atoms with E-state index < -0.39 is 4.92 Å².